The number of hydrogen-bond acceptors (Lipinski definition) is 8. The maximum absolute atomic E-state index is 12.7. The average Bonchev–Trinajstić information content (AvgIpc) is 3.17. The van der Waals surface area contributed by atoms with Gasteiger partial charge in [0.25, 0.3) is 11.7 Å². The van der Waals surface area contributed by atoms with Gasteiger partial charge in [-0.15, -0.1) is 0 Å². The van der Waals surface area contributed by atoms with E-state index in [4.69, 9.17) is 10.5 Å². The minimum Gasteiger partial charge on any atom is -0.394 e. The van der Waals surface area contributed by atoms with Crippen LogP contribution in [0.1, 0.15) is 28.6 Å². The maximum Gasteiger partial charge on any atom is 0.452 e. The van der Waals surface area contributed by atoms with Crippen LogP contribution >= 0.6 is 0 Å². The van der Waals surface area contributed by atoms with E-state index in [1.807, 2.05) is 0 Å². The number of halogens is 3. The van der Waals surface area contributed by atoms with Crippen molar-refractivity contribution in [2.75, 3.05) is 11.9 Å². The molecule has 1 aliphatic heterocycles. The zero-order valence-electron chi connectivity index (χ0n) is 17.5. The average molecular weight is 482 g/mol. The lowest BCUT2D eigenvalue weighted by molar-refractivity contribution is -0.171. The molecule has 1 amide bonds. The largest absolute Gasteiger partial charge is 0.452 e. The Morgan fingerprint density at radius 1 is 1.32 bits per heavy atom. The first-order valence-corrected chi connectivity index (χ1v) is 10.00. The molecule has 13 heteroatoms. The van der Waals surface area contributed by atoms with Gasteiger partial charge >= 0.3 is 11.9 Å². The van der Waals surface area contributed by atoms with E-state index in [9.17, 15) is 37.8 Å². The Morgan fingerprint density at radius 2 is 2.00 bits per heavy atom. The van der Waals surface area contributed by atoms with Crippen LogP contribution in [-0.2, 0) is 9.53 Å². The molecule has 1 aliphatic rings. The second kappa shape index (κ2) is 10.3. The molecule has 1 aromatic carbocycles. The van der Waals surface area contributed by atoms with Crippen LogP contribution in [0.5, 0.6) is 0 Å². The Morgan fingerprint density at radius 3 is 2.59 bits per heavy atom. The molecule has 3 rings (SSSR count). The fourth-order valence-corrected chi connectivity index (χ4v) is 3.22. The predicted octanol–water partition coefficient (Wildman–Crippen LogP) is 0.608. The molecular formula is C21H21F3N4O6. The van der Waals surface area contributed by atoms with E-state index >= 15 is 0 Å². The molecule has 0 bridgehead atoms. The number of aliphatic hydroxyl groups is 2. The van der Waals surface area contributed by atoms with Crippen LogP contribution in [0.2, 0.25) is 0 Å². The number of ether oxygens (including phenoxy) is 1. The van der Waals surface area contributed by atoms with E-state index < -0.39 is 54.6 Å². The number of hydrogen-bond donors (Lipinski definition) is 4. The van der Waals surface area contributed by atoms with E-state index in [0.29, 0.717) is 0 Å². The first-order valence-electron chi connectivity index (χ1n) is 10.00. The summed E-state index contributed by atoms with van der Waals surface area (Å²) in [7, 11) is 0. The van der Waals surface area contributed by atoms with Crippen molar-refractivity contribution in [1.82, 2.24) is 9.55 Å². The molecule has 10 nitrogen and oxygen atoms in total. The highest BCUT2D eigenvalue weighted by atomic mass is 19.4. The number of carbonyl (C=O) groups is 2. The summed E-state index contributed by atoms with van der Waals surface area (Å²) in [4.78, 5) is 40.3. The number of benzene rings is 1. The standard InChI is InChI=1S/C21H21F3N4O6/c22-21(23,24)17(31)13(25)7-6-12-9-28(16-8-14(30)15(10-29)34-16)20(33)27-18(12)26-19(32)11-4-2-1-3-5-11/h1-7,9,13-16,29-30H,8,10,25H2,(H,26,27,32,33)/t13?,14?,15-,16-/m1/s1. The van der Waals surface area contributed by atoms with Crippen LogP contribution in [0.15, 0.2) is 47.4 Å². The predicted molar refractivity (Wildman–Crippen MR) is 113 cm³/mol. The van der Waals surface area contributed by atoms with Crippen molar-refractivity contribution in [2.45, 2.75) is 37.1 Å². The monoisotopic (exact) mass is 482 g/mol. The Bertz CT molecular complexity index is 1140. The number of aliphatic hydroxyl groups excluding tert-OH is 2. The van der Waals surface area contributed by atoms with E-state index in [0.717, 1.165) is 22.9 Å². The fraction of sp³-hybridized carbons (Fsp3) is 0.333. The molecule has 2 unspecified atom stereocenters. The normalized spacial score (nSPS) is 21.5. The topological polar surface area (TPSA) is 157 Å². The van der Waals surface area contributed by atoms with Crippen molar-refractivity contribution in [3.05, 3.63) is 64.2 Å². The summed E-state index contributed by atoms with van der Waals surface area (Å²) >= 11 is 0. The number of Topliss-reactive ketones (excluding diaryl/α,β-unsaturated/α-hetero) is 1. The third-order valence-corrected chi connectivity index (χ3v) is 5.01. The third kappa shape index (κ3) is 5.75. The number of carbonyl (C=O) groups excluding carboxylic acids is 2. The van der Waals surface area contributed by atoms with Gasteiger partial charge in [-0.25, -0.2) is 4.79 Å². The van der Waals surface area contributed by atoms with Crippen LogP contribution in [0, 0.1) is 0 Å². The van der Waals surface area contributed by atoms with Gasteiger partial charge in [0.2, 0.25) is 0 Å². The zero-order valence-corrected chi connectivity index (χ0v) is 17.5. The highest BCUT2D eigenvalue weighted by Crippen LogP contribution is 2.28. The van der Waals surface area contributed by atoms with E-state index in [1.54, 1.807) is 18.2 Å². The lowest BCUT2D eigenvalue weighted by atomic mass is 10.1. The van der Waals surface area contributed by atoms with Crippen LogP contribution in [0.3, 0.4) is 0 Å². The van der Waals surface area contributed by atoms with Crippen LogP contribution in [0.25, 0.3) is 6.08 Å². The molecule has 1 fully saturated rings. The molecule has 182 valence electrons. The van der Waals surface area contributed by atoms with Gasteiger partial charge in [0.05, 0.1) is 18.8 Å². The number of anilines is 1. The number of nitrogens with one attached hydrogen (secondary N) is 1. The molecule has 0 spiro atoms. The van der Waals surface area contributed by atoms with Gasteiger partial charge in [-0.1, -0.05) is 30.4 Å². The van der Waals surface area contributed by atoms with Gasteiger partial charge < -0.3 is 26.0 Å². The molecule has 4 atom stereocenters. The first kappa shape index (κ1) is 25.2. The second-order valence-electron chi connectivity index (χ2n) is 7.42. The molecular weight excluding hydrogens is 461 g/mol. The number of nitrogens with zero attached hydrogens (tertiary/aromatic N) is 2. The summed E-state index contributed by atoms with van der Waals surface area (Å²) in [6.45, 7) is -0.508. The molecule has 1 saturated heterocycles. The number of amides is 1. The Kier molecular flexibility index (Phi) is 7.61. The summed E-state index contributed by atoms with van der Waals surface area (Å²) in [5.41, 5.74) is 4.59. The number of aromatic nitrogens is 2. The molecule has 0 radical (unpaired) electrons. The first-order chi connectivity index (χ1) is 16.0. The van der Waals surface area contributed by atoms with Crippen molar-refractivity contribution in [3.63, 3.8) is 0 Å². The minimum absolute atomic E-state index is 0.0557. The summed E-state index contributed by atoms with van der Waals surface area (Å²) < 4.78 is 44.3. The minimum atomic E-state index is -5.15. The number of ketones is 1. The lowest BCUT2D eigenvalue weighted by Crippen LogP contribution is -2.39. The van der Waals surface area contributed by atoms with E-state index in [2.05, 4.69) is 10.3 Å². The summed E-state index contributed by atoms with van der Waals surface area (Å²) in [6.07, 6.45) is -5.40. The fourth-order valence-electron chi connectivity index (χ4n) is 3.22. The van der Waals surface area contributed by atoms with Crippen LogP contribution in [-0.4, -0.2) is 62.5 Å². The number of alkyl halides is 3. The van der Waals surface area contributed by atoms with Crippen molar-refractivity contribution in [1.29, 1.82) is 0 Å². The summed E-state index contributed by atoms with van der Waals surface area (Å²) in [5, 5.41) is 21.6. The van der Waals surface area contributed by atoms with E-state index in [-0.39, 0.29) is 23.4 Å². The van der Waals surface area contributed by atoms with Gasteiger partial charge in [0, 0.05) is 23.7 Å². The van der Waals surface area contributed by atoms with Crippen LogP contribution < -0.4 is 16.7 Å². The third-order valence-electron chi connectivity index (χ3n) is 5.01. The van der Waals surface area contributed by atoms with E-state index in [1.165, 1.54) is 12.1 Å². The SMILES string of the molecule is NC(C=Cc1cn([C@H]2CC(O)[C@@H](CO)O2)c(=O)nc1NC(=O)c1ccccc1)C(=O)C(F)(F)F. The van der Waals surface area contributed by atoms with Gasteiger partial charge in [0.15, 0.2) is 0 Å². The van der Waals surface area contributed by atoms with Crippen molar-refractivity contribution in [3.8, 4) is 0 Å². The van der Waals surface area contributed by atoms with Gasteiger partial charge in [-0.05, 0) is 12.1 Å². The van der Waals surface area contributed by atoms with Crippen molar-refractivity contribution in [2.24, 2.45) is 5.73 Å². The lowest BCUT2D eigenvalue weighted by Gasteiger charge is -2.17. The number of rotatable bonds is 7. The quantitative estimate of drug-likeness (QED) is 0.447. The summed E-state index contributed by atoms with van der Waals surface area (Å²) in [5.74, 6) is -3.13. The molecule has 1 aromatic heterocycles. The Balaban J connectivity index is 1.98. The molecule has 34 heavy (non-hydrogen) atoms. The van der Waals surface area contributed by atoms with Crippen molar-refractivity contribution < 1.29 is 37.7 Å². The Hall–Kier alpha value is -3.39. The second-order valence-corrected chi connectivity index (χ2v) is 7.42. The maximum atomic E-state index is 12.7. The molecule has 2 aromatic rings. The van der Waals surface area contributed by atoms with Crippen molar-refractivity contribution >= 4 is 23.6 Å². The van der Waals surface area contributed by atoms with Gasteiger partial charge in [-0.2, -0.15) is 18.2 Å². The molecule has 5 N–H and O–H groups in total. The summed E-state index contributed by atoms with van der Waals surface area (Å²) in [6, 6.07) is 5.83. The highest BCUT2D eigenvalue weighted by molar-refractivity contribution is 6.04. The highest BCUT2D eigenvalue weighted by Gasteiger charge is 2.41. The smallest absolute Gasteiger partial charge is 0.394 e. The molecule has 0 aliphatic carbocycles. The molecule has 2 heterocycles. The van der Waals surface area contributed by atoms with Gasteiger partial charge in [-0.3, -0.25) is 14.2 Å². The number of nitrogens with two attached hydrogens (primary N) is 1. The molecule has 0 saturated carbocycles. The Labute approximate surface area is 190 Å². The van der Waals surface area contributed by atoms with Crippen LogP contribution in [0.4, 0.5) is 19.0 Å². The zero-order chi connectivity index (χ0) is 25.0. The van der Waals surface area contributed by atoms with Gasteiger partial charge in [0.1, 0.15) is 18.1 Å².